The highest BCUT2D eigenvalue weighted by Gasteiger charge is 2.24. The fourth-order valence-electron chi connectivity index (χ4n) is 2.67. The molecule has 0 spiro atoms. The summed E-state index contributed by atoms with van der Waals surface area (Å²) in [7, 11) is 0. The number of fused-ring (bicyclic) bond motifs is 1. The van der Waals surface area contributed by atoms with Crippen LogP contribution >= 0.6 is 0 Å². The monoisotopic (exact) mass is 274 g/mol. The van der Waals surface area contributed by atoms with E-state index in [9.17, 15) is 4.79 Å². The standard InChI is InChI=1S/C16H18O4/c1-2-16(17)18-9-11-3-4-12(7-11)13-5-6-14-15(8-13)20-10-19-14/h5-6,8-9,12H,2-4,7,10H2,1H3. The molecule has 0 bridgehead atoms. The predicted molar refractivity (Wildman–Crippen MR) is 73.6 cm³/mol. The largest absolute Gasteiger partial charge is 0.454 e. The minimum absolute atomic E-state index is 0.177. The molecule has 1 aliphatic carbocycles. The number of carbonyl (C=O) groups excluding carboxylic acids is 1. The van der Waals surface area contributed by atoms with E-state index in [0.29, 0.717) is 19.1 Å². The number of hydrogen-bond donors (Lipinski definition) is 0. The van der Waals surface area contributed by atoms with Crippen LogP contribution in [-0.2, 0) is 9.53 Å². The van der Waals surface area contributed by atoms with Crippen LogP contribution in [0.25, 0.3) is 0 Å². The maximum atomic E-state index is 11.2. The van der Waals surface area contributed by atoms with Gasteiger partial charge in [-0.05, 0) is 48.4 Å². The Balaban J connectivity index is 1.66. The van der Waals surface area contributed by atoms with E-state index < -0.39 is 0 Å². The molecular weight excluding hydrogens is 256 g/mol. The van der Waals surface area contributed by atoms with Crippen molar-refractivity contribution < 1.29 is 19.0 Å². The SMILES string of the molecule is CCC(=O)OC=C1CCC(c2ccc3c(c2)OCO3)C1. The molecule has 1 unspecified atom stereocenters. The summed E-state index contributed by atoms with van der Waals surface area (Å²) < 4.78 is 15.8. The van der Waals surface area contributed by atoms with Crippen molar-refractivity contribution in [1.82, 2.24) is 0 Å². The van der Waals surface area contributed by atoms with Crippen molar-refractivity contribution in [3.63, 3.8) is 0 Å². The summed E-state index contributed by atoms with van der Waals surface area (Å²) in [6.07, 6.45) is 5.05. The molecule has 1 aliphatic heterocycles. The molecule has 4 heteroatoms. The summed E-state index contributed by atoms with van der Waals surface area (Å²) in [5.41, 5.74) is 2.47. The molecule has 0 radical (unpaired) electrons. The minimum Gasteiger partial charge on any atom is -0.454 e. The number of rotatable bonds is 3. The summed E-state index contributed by atoms with van der Waals surface area (Å²) in [6, 6.07) is 6.13. The number of ether oxygens (including phenoxy) is 3. The Kier molecular flexibility index (Phi) is 3.63. The van der Waals surface area contributed by atoms with Gasteiger partial charge in [0.2, 0.25) is 6.79 Å². The van der Waals surface area contributed by atoms with Crippen molar-refractivity contribution in [2.24, 2.45) is 0 Å². The van der Waals surface area contributed by atoms with Crippen molar-refractivity contribution in [2.75, 3.05) is 6.79 Å². The minimum atomic E-state index is -0.177. The van der Waals surface area contributed by atoms with E-state index >= 15 is 0 Å². The lowest BCUT2D eigenvalue weighted by Gasteiger charge is -2.09. The molecule has 0 aromatic heterocycles. The van der Waals surface area contributed by atoms with Crippen LogP contribution in [0.1, 0.15) is 44.1 Å². The van der Waals surface area contributed by atoms with Gasteiger partial charge in [-0.2, -0.15) is 0 Å². The third-order valence-electron chi connectivity index (χ3n) is 3.84. The van der Waals surface area contributed by atoms with Gasteiger partial charge in [-0.15, -0.1) is 0 Å². The highest BCUT2D eigenvalue weighted by atomic mass is 16.7. The molecule has 1 aromatic carbocycles. The first-order chi connectivity index (χ1) is 9.76. The molecule has 0 saturated heterocycles. The molecule has 4 nitrogen and oxygen atoms in total. The van der Waals surface area contributed by atoms with Gasteiger partial charge in [0.1, 0.15) is 0 Å². The zero-order chi connectivity index (χ0) is 13.9. The second kappa shape index (κ2) is 5.57. The topological polar surface area (TPSA) is 44.8 Å². The maximum absolute atomic E-state index is 11.2. The third kappa shape index (κ3) is 2.64. The quantitative estimate of drug-likeness (QED) is 0.625. The zero-order valence-corrected chi connectivity index (χ0v) is 11.6. The first-order valence-corrected chi connectivity index (χ1v) is 7.03. The van der Waals surface area contributed by atoms with Crippen molar-refractivity contribution in [2.45, 2.75) is 38.5 Å². The smallest absolute Gasteiger partial charge is 0.310 e. The van der Waals surface area contributed by atoms with Crippen molar-refractivity contribution >= 4 is 5.97 Å². The first kappa shape index (κ1) is 13.0. The van der Waals surface area contributed by atoms with E-state index in [0.717, 1.165) is 30.8 Å². The van der Waals surface area contributed by atoms with Crippen molar-refractivity contribution in [3.05, 3.63) is 35.6 Å². The Bertz CT molecular complexity index is 547. The molecule has 1 saturated carbocycles. The maximum Gasteiger partial charge on any atom is 0.310 e. The lowest BCUT2D eigenvalue weighted by Crippen LogP contribution is -1.96. The Hall–Kier alpha value is -1.97. The number of carbonyl (C=O) groups is 1. The number of hydrogen-bond acceptors (Lipinski definition) is 4. The van der Waals surface area contributed by atoms with Crippen LogP contribution in [0.3, 0.4) is 0 Å². The van der Waals surface area contributed by atoms with Crippen LogP contribution in [0.2, 0.25) is 0 Å². The molecule has 106 valence electrons. The van der Waals surface area contributed by atoms with Crippen molar-refractivity contribution in [1.29, 1.82) is 0 Å². The molecule has 2 aliphatic rings. The van der Waals surface area contributed by atoms with Gasteiger partial charge in [0, 0.05) is 6.42 Å². The number of benzene rings is 1. The Morgan fingerprint density at radius 3 is 3.10 bits per heavy atom. The molecule has 20 heavy (non-hydrogen) atoms. The van der Waals surface area contributed by atoms with E-state index in [1.807, 2.05) is 6.07 Å². The zero-order valence-electron chi connectivity index (χ0n) is 11.6. The van der Waals surface area contributed by atoms with E-state index in [1.165, 1.54) is 11.1 Å². The van der Waals surface area contributed by atoms with Gasteiger partial charge in [-0.25, -0.2) is 0 Å². The summed E-state index contributed by atoms with van der Waals surface area (Å²) in [5, 5.41) is 0. The highest BCUT2D eigenvalue weighted by molar-refractivity contribution is 5.69. The van der Waals surface area contributed by atoms with Gasteiger partial charge < -0.3 is 14.2 Å². The molecule has 0 amide bonds. The van der Waals surface area contributed by atoms with Crippen LogP contribution in [0, 0.1) is 0 Å². The first-order valence-electron chi connectivity index (χ1n) is 7.03. The van der Waals surface area contributed by atoms with E-state index in [2.05, 4.69) is 12.1 Å². The Morgan fingerprint density at radius 1 is 1.40 bits per heavy atom. The van der Waals surface area contributed by atoms with Crippen LogP contribution in [-0.4, -0.2) is 12.8 Å². The molecule has 1 atom stereocenters. The average molecular weight is 274 g/mol. The number of esters is 1. The fourth-order valence-corrected chi connectivity index (χ4v) is 2.67. The van der Waals surface area contributed by atoms with Gasteiger partial charge in [0.05, 0.1) is 6.26 Å². The average Bonchev–Trinajstić information content (AvgIpc) is 3.12. The summed E-state index contributed by atoms with van der Waals surface area (Å²) in [6.45, 7) is 2.10. The molecule has 3 rings (SSSR count). The van der Waals surface area contributed by atoms with Crippen LogP contribution in [0.5, 0.6) is 11.5 Å². The van der Waals surface area contributed by atoms with E-state index in [4.69, 9.17) is 14.2 Å². The van der Waals surface area contributed by atoms with Crippen LogP contribution in [0.15, 0.2) is 30.0 Å². The van der Waals surface area contributed by atoms with E-state index in [1.54, 1.807) is 13.2 Å². The van der Waals surface area contributed by atoms with Gasteiger partial charge in [0.25, 0.3) is 0 Å². The second-order valence-corrected chi connectivity index (χ2v) is 5.17. The highest BCUT2D eigenvalue weighted by Crippen LogP contribution is 2.41. The lowest BCUT2D eigenvalue weighted by molar-refractivity contribution is -0.137. The van der Waals surface area contributed by atoms with Gasteiger partial charge in [-0.3, -0.25) is 4.79 Å². The van der Waals surface area contributed by atoms with Gasteiger partial charge in [0.15, 0.2) is 11.5 Å². The molecule has 1 fully saturated rings. The normalized spacial score (nSPS) is 22.2. The van der Waals surface area contributed by atoms with E-state index in [-0.39, 0.29) is 5.97 Å². The van der Waals surface area contributed by atoms with Crippen LogP contribution < -0.4 is 9.47 Å². The van der Waals surface area contributed by atoms with Crippen molar-refractivity contribution in [3.8, 4) is 11.5 Å². The van der Waals surface area contributed by atoms with Crippen LogP contribution in [0.4, 0.5) is 0 Å². The summed E-state index contributed by atoms with van der Waals surface area (Å²) in [4.78, 5) is 11.2. The molecule has 0 N–H and O–H groups in total. The summed E-state index contributed by atoms with van der Waals surface area (Å²) in [5.74, 6) is 1.94. The summed E-state index contributed by atoms with van der Waals surface area (Å²) >= 11 is 0. The Morgan fingerprint density at radius 2 is 2.25 bits per heavy atom. The Labute approximate surface area is 118 Å². The lowest BCUT2D eigenvalue weighted by atomic mass is 9.97. The molecule has 1 aromatic rings. The van der Waals surface area contributed by atoms with Gasteiger partial charge >= 0.3 is 5.97 Å². The number of allylic oxidation sites excluding steroid dienone is 1. The molecule has 1 heterocycles. The fraction of sp³-hybridized carbons (Fsp3) is 0.438. The van der Waals surface area contributed by atoms with Gasteiger partial charge in [-0.1, -0.05) is 13.0 Å². The second-order valence-electron chi connectivity index (χ2n) is 5.17. The third-order valence-corrected chi connectivity index (χ3v) is 3.84. The predicted octanol–water partition coefficient (Wildman–Crippen LogP) is 3.52. The molecular formula is C16H18O4.